The molecule has 2 aromatic rings. The van der Waals surface area contributed by atoms with Crippen molar-refractivity contribution in [3.05, 3.63) is 60.7 Å². The molecule has 0 saturated carbocycles. The molecule has 100 valence electrons. The molecule has 0 saturated heterocycles. The second-order valence-corrected chi connectivity index (χ2v) is 4.00. The lowest BCUT2D eigenvalue weighted by atomic mass is 10.3. The Kier molecular flexibility index (Phi) is 3.28. The van der Waals surface area contributed by atoms with Crippen molar-refractivity contribution in [2.24, 2.45) is 10.3 Å². The van der Waals surface area contributed by atoms with E-state index in [9.17, 15) is 4.79 Å². The minimum atomic E-state index is -1.01. The van der Waals surface area contributed by atoms with Gasteiger partial charge in [0.05, 0.1) is 0 Å². The predicted molar refractivity (Wildman–Crippen MR) is 69.6 cm³/mol. The Morgan fingerprint density at radius 2 is 1.50 bits per heavy atom. The van der Waals surface area contributed by atoms with Crippen LogP contribution in [0.1, 0.15) is 0 Å². The molecule has 0 radical (unpaired) electrons. The van der Waals surface area contributed by atoms with Crippen LogP contribution in [0.5, 0.6) is 11.5 Å². The number of hydrogen-bond donors (Lipinski definition) is 0. The van der Waals surface area contributed by atoms with Gasteiger partial charge in [-0.2, -0.15) is 0 Å². The Hall–Kier alpha value is -2.89. The largest absolute Gasteiger partial charge is 0.457 e. The number of carbonyl (C=O) groups excluding carboxylic acids is 1. The summed E-state index contributed by atoms with van der Waals surface area (Å²) in [5, 5.41) is 8.22. The molecule has 1 heterocycles. The molecular formula is C14H11N3O3. The van der Waals surface area contributed by atoms with E-state index in [4.69, 9.17) is 9.57 Å². The van der Waals surface area contributed by atoms with Gasteiger partial charge in [0.15, 0.2) is 5.75 Å². The Morgan fingerprint density at radius 1 is 0.900 bits per heavy atom. The van der Waals surface area contributed by atoms with Crippen molar-refractivity contribution in [2.75, 3.05) is 0 Å². The van der Waals surface area contributed by atoms with Gasteiger partial charge in [0, 0.05) is 0 Å². The highest BCUT2D eigenvalue weighted by molar-refractivity contribution is 5.81. The number of hydroxylamine groups is 1. The minimum Gasteiger partial charge on any atom is -0.457 e. The molecule has 0 spiro atoms. The highest BCUT2D eigenvalue weighted by Gasteiger charge is 2.34. The Bertz CT molecular complexity index is 563. The molecule has 1 aliphatic heterocycles. The van der Waals surface area contributed by atoms with Crippen LogP contribution in [-0.2, 0) is 4.79 Å². The van der Waals surface area contributed by atoms with Crippen LogP contribution in [0.2, 0.25) is 0 Å². The smallest absolute Gasteiger partial charge is 0.346 e. The van der Waals surface area contributed by atoms with Crippen molar-refractivity contribution < 1.29 is 14.4 Å². The normalized spacial score (nSPS) is 17.3. The van der Waals surface area contributed by atoms with E-state index in [0.717, 1.165) is 5.17 Å². The van der Waals surface area contributed by atoms with Crippen molar-refractivity contribution in [3.8, 4) is 11.5 Å². The third-order valence-electron chi connectivity index (χ3n) is 2.56. The first-order valence-corrected chi connectivity index (χ1v) is 6.02. The highest BCUT2D eigenvalue weighted by Crippen LogP contribution is 2.19. The maximum atomic E-state index is 12.0. The van der Waals surface area contributed by atoms with Crippen LogP contribution in [0.15, 0.2) is 71.0 Å². The lowest BCUT2D eigenvalue weighted by molar-refractivity contribution is -0.158. The minimum absolute atomic E-state index is 0.474. The molecule has 3 rings (SSSR count). The molecule has 6 heteroatoms. The van der Waals surface area contributed by atoms with E-state index in [2.05, 4.69) is 10.3 Å². The first-order chi connectivity index (χ1) is 9.83. The lowest BCUT2D eigenvalue weighted by Crippen LogP contribution is -2.34. The molecule has 1 aliphatic rings. The summed E-state index contributed by atoms with van der Waals surface area (Å²) in [6.07, 6.45) is -1.01. The maximum absolute atomic E-state index is 12.0. The molecule has 6 nitrogen and oxygen atoms in total. The zero-order chi connectivity index (χ0) is 13.8. The number of rotatable bonds is 4. The van der Waals surface area contributed by atoms with E-state index in [0.29, 0.717) is 11.5 Å². The molecule has 2 aromatic carbocycles. The van der Waals surface area contributed by atoms with E-state index in [-0.39, 0.29) is 0 Å². The summed E-state index contributed by atoms with van der Waals surface area (Å²) in [5.41, 5.74) is 0. The topological polar surface area (TPSA) is 63.5 Å². The third kappa shape index (κ3) is 2.59. The molecule has 1 unspecified atom stereocenters. The fourth-order valence-electron chi connectivity index (χ4n) is 1.63. The van der Waals surface area contributed by atoms with Gasteiger partial charge in [-0.3, -0.25) is 4.79 Å². The van der Waals surface area contributed by atoms with Gasteiger partial charge in [-0.1, -0.05) is 36.4 Å². The molecule has 0 N–H and O–H groups in total. The first kappa shape index (κ1) is 12.2. The van der Waals surface area contributed by atoms with Crippen molar-refractivity contribution in [1.82, 2.24) is 5.17 Å². The number of carbonyl (C=O) groups is 1. The second-order valence-electron chi connectivity index (χ2n) is 4.00. The number of amides is 1. The van der Waals surface area contributed by atoms with E-state index >= 15 is 0 Å². The first-order valence-electron chi connectivity index (χ1n) is 6.02. The monoisotopic (exact) mass is 269 g/mol. The van der Waals surface area contributed by atoms with Gasteiger partial charge in [-0.15, -0.1) is 5.11 Å². The summed E-state index contributed by atoms with van der Waals surface area (Å²) in [5.74, 6) is 0.573. The maximum Gasteiger partial charge on any atom is 0.346 e. The molecule has 0 fully saturated rings. The average Bonchev–Trinajstić information content (AvgIpc) is 2.83. The summed E-state index contributed by atoms with van der Waals surface area (Å²) >= 11 is 0. The summed E-state index contributed by atoms with van der Waals surface area (Å²) in [6.45, 7) is 0. The lowest BCUT2D eigenvalue weighted by Gasteiger charge is -2.12. The van der Waals surface area contributed by atoms with E-state index in [1.807, 2.05) is 24.3 Å². The summed E-state index contributed by atoms with van der Waals surface area (Å²) in [6, 6.07) is 17.8. The number of benzene rings is 2. The van der Waals surface area contributed by atoms with E-state index in [1.165, 1.54) is 0 Å². The number of hydrogen-bond acceptors (Lipinski definition) is 5. The van der Waals surface area contributed by atoms with Crippen LogP contribution in [0.4, 0.5) is 0 Å². The van der Waals surface area contributed by atoms with Gasteiger partial charge in [0.1, 0.15) is 5.75 Å². The fourth-order valence-corrected chi connectivity index (χ4v) is 1.63. The number of nitrogens with zero attached hydrogens (tertiary/aromatic N) is 3. The van der Waals surface area contributed by atoms with Gasteiger partial charge >= 0.3 is 5.91 Å². The summed E-state index contributed by atoms with van der Waals surface area (Å²) in [4.78, 5) is 17.3. The van der Waals surface area contributed by atoms with Gasteiger partial charge in [0.2, 0.25) is 0 Å². The highest BCUT2D eigenvalue weighted by atomic mass is 16.7. The standard InChI is InChI=1S/C14H11N3O3/c18-14-13(19-11-7-3-1-4-8-11)15-16-17(14)20-12-9-5-2-6-10-12/h1-10,13H. The van der Waals surface area contributed by atoms with Gasteiger partial charge in [0.25, 0.3) is 6.23 Å². The van der Waals surface area contributed by atoms with Gasteiger partial charge in [-0.05, 0) is 34.7 Å². The number of ether oxygens (including phenoxy) is 1. The van der Waals surface area contributed by atoms with Gasteiger partial charge in [-0.25, -0.2) is 0 Å². The average molecular weight is 269 g/mol. The van der Waals surface area contributed by atoms with E-state index in [1.54, 1.807) is 36.4 Å². The SMILES string of the molecule is O=C1C(Oc2ccccc2)N=NN1Oc1ccccc1. The third-order valence-corrected chi connectivity index (χ3v) is 2.56. The van der Waals surface area contributed by atoms with E-state index < -0.39 is 12.1 Å². The predicted octanol–water partition coefficient (Wildman–Crippen LogP) is 2.59. The second kappa shape index (κ2) is 5.40. The Morgan fingerprint density at radius 3 is 2.15 bits per heavy atom. The van der Waals surface area contributed by atoms with Crippen molar-refractivity contribution in [3.63, 3.8) is 0 Å². The molecule has 20 heavy (non-hydrogen) atoms. The molecule has 1 atom stereocenters. The zero-order valence-electron chi connectivity index (χ0n) is 10.4. The van der Waals surface area contributed by atoms with Crippen molar-refractivity contribution in [2.45, 2.75) is 6.23 Å². The number of para-hydroxylation sites is 2. The van der Waals surface area contributed by atoms with Crippen LogP contribution < -0.4 is 9.57 Å². The fraction of sp³-hybridized carbons (Fsp3) is 0.0714. The Labute approximate surface area is 115 Å². The Balaban J connectivity index is 1.65. The molecule has 0 aromatic heterocycles. The van der Waals surface area contributed by atoms with Gasteiger partial charge < -0.3 is 9.57 Å². The van der Waals surface area contributed by atoms with Crippen LogP contribution in [0.25, 0.3) is 0 Å². The van der Waals surface area contributed by atoms with Crippen LogP contribution in [-0.4, -0.2) is 17.3 Å². The molecule has 0 bridgehead atoms. The summed E-state index contributed by atoms with van der Waals surface area (Å²) < 4.78 is 5.42. The molecule has 0 aliphatic carbocycles. The van der Waals surface area contributed by atoms with Crippen LogP contribution >= 0.6 is 0 Å². The summed E-state index contributed by atoms with van der Waals surface area (Å²) in [7, 11) is 0. The van der Waals surface area contributed by atoms with Crippen molar-refractivity contribution in [1.29, 1.82) is 0 Å². The van der Waals surface area contributed by atoms with Crippen molar-refractivity contribution >= 4 is 5.91 Å². The molecule has 1 amide bonds. The zero-order valence-corrected chi connectivity index (χ0v) is 10.4. The molecular weight excluding hydrogens is 258 g/mol. The quantitative estimate of drug-likeness (QED) is 0.857. The van der Waals surface area contributed by atoms with Crippen LogP contribution in [0, 0.1) is 0 Å². The van der Waals surface area contributed by atoms with Crippen LogP contribution in [0.3, 0.4) is 0 Å².